The highest BCUT2D eigenvalue weighted by Gasteiger charge is 2.28. The number of nitrogens with zero attached hydrogens (tertiary/aromatic N) is 1. The number of hydrogen-bond acceptors (Lipinski definition) is 3. The van der Waals surface area contributed by atoms with Crippen LogP contribution in [0.2, 0.25) is 0 Å². The second-order valence-electron chi connectivity index (χ2n) is 5.03. The quantitative estimate of drug-likeness (QED) is 0.844. The number of carbonyl (C=O) groups is 2. The van der Waals surface area contributed by atoms with E-state index in [2.05, 4.69) is 0 Å². The Morgan fingerprint density at radius 2 is 2.10 bits per heavy atom. The fraction of sp³-hybridized carbons (Fsp3) is 0.375. The highest BCUT2D eigenvalue weighted by Crippen LogP contribution is 2.21. The average Bonchev–Trinajstić information content (AvgIpc) is 2.92. The van der Waals surface area contributed by atoms with Gasteiger partial charge in [-0.15, -0.1) is 0 Å². The molecular weight excluding hydrogens is 270 g/mol. The molecule has 5 nitrogen and oxygen atoms in total. The van der Waals surface area contributed by atoms with Crippen molar-refractivity contribution in [2.75, 3.05) is 13.7 Å². The molecule has 1 aliphatic heterocycles. The molecule has 1 amide bonds. The van der Waals surface area contributed by atoms with Crippen LogP contribution in [0, 0.1) is 0 Å². The Labute approximate surface area is 123 Å². The summed E-state index contributed by atoms with van der Waals surface area (Å²) < 4.78 is 5.07. The Balaban J connectivity index is 1.99. The lowest BCUT2D eigenvalue weighted by Crippen LogP contribution is -2.35. The van der Waals surface area contributed by atoms with Crippen molar-refractivity contribution < 1.29 is 19.4 Å². The Morgan fingerprint density at radius 3 is 2.71 bits per heavy atom. The monoisotopic (exact) mass is 289 g/mol. The van der Waals surface area contributed by atoms with Gasteiger partial charge in [0.15, 0.2) is 0 Å². The molecule has 0 aromatic heterocycles. The number of rotatable bonds is 5. The third kappa shape index (κ3) is 4.08. The first-order chi connectivity index (χ1) is 10.1. The summed E-state index contributed by atoms with van der Waals surface area (Å²) in [6.07, 6.45) is 4.87. The molecule has 5 heteroatoms. The number of likely N-dealkylation sites (tertiary alicyclic amines) is 1. The zero-order valence-electron chi connectivity index (χ0n) is 12.0. The van der Waals surface area contributed by atoms with E-state index in [4.69, 9.17) is 9.84 Å². The first-order valence-corrected chi connectivity index (χ1v) is 6.94. The van der Waals surface area contributed by atoms with E-state index in [0.29, 0.717) is 6.54 Å². The minimum atomic E-state index is -0.862. The van der Waals surface area contributed by atoms with E-state index in [9.17, 15) is 9.59 Å². The second-order valence-corrected chi connectivity index (χ2v) is 5.03. The van der Waals surface area contributed by atoms with Gasteiger partial charge in [0, 0.05) is 18.7 Å². The molecule has 112 valence electrons. The zero-order valence-corrected chi connectivity index (χ0v) is 12.0. The van der Waals surface area contributed by atoms with Gasteiger partial charge in [-0.3, -0.25) is 9.59 Å². The predicted octanol–water partition coefficient (Wildman–Crippen LogP) is 2.17. The molecule has 1 atom stereocenters. The van der Waals surface area contributed by atoms with E-state index < -0.39 is 5.97 Å². The SMILES string of the molecule is COc1ccc(/C=C/C(=O)N2CCCC2CC(=O)O)cc1. The minimum absolute atomic E-state index is 0.0160. The number of carboxylic acids is 1. The Bertz CT molecular complexity index is 536. The Kier molecular flexibility index (Phi) is 4.98. The third-order valence-electron chi connectivity index (χ3n) is 3.60. The van der Waals surface area contributed by atoms with Gasteiger partial charge in [-0.05, 0) is 36.6 Å². The molecule has 1 aromatic carbocycles. The molecule has 1 aromatic rings. The lowest BCUT2D eigenvalue weighted by Gasteiger charge is -2.21. The summed E-state index contributed by atoms with van der Waals surface area (Å²) in [4.78, 5) is 24.6. The van der Waals surface area contributed by atoms with Crippen molar-refractivity contribution in [1.82, 2.24) is 4.90 Å². The largest absolute Gasteiger partial charge is 0.497 e. The lowest BCUT2D eigenvalue weighted by atomic mass is 10.1. The Morgan fingerprint density at radius 1 is 1.38 bits per heavy atom. The van der Waals surface area contributed by atoms with Crippen molar-refractivity contribution in [2.24, 2.45) is 0 Å². The summed E-state index contributed by atoms with van der Waals surface area (Å²) in [7, 11) is 1.60. The highest BCUT2D eigenvalue weighted by atomic mass is 16.5. The first-order valence-electron chi connectivity index (χ1n) is 6.94. The van der Waals surface area contributed by atoms with Crippen LogP contribution >= 0.6 is 0 Å². The van der Waals surface area contributed by atoms with Gasteiger partial charge in [-0.1, -0.05) is 12.1 Å². The van der Waals surface area contributed by atoms with Gasteiger partial charge < -0.3 is 14.7 Å². The topological polar surface area (TPSA) is 66.8 Å². The van der Waals surface area contributed by atoms with Crippen molar-refractivity contribution in [3.05, 3.63) is 35.9 Å². The van der Waals surface area contributed by atoms with Crippen molar-refractivity contribution in [3.63, 3.8) is 0 Å². The molecule has 0 aliphatic carbocycles. The van der Waals surface area contributed by atoms with Crippen LogP contribution in [0.4, 0.5) is 0 Å². The number of ether oxygens (including phenoxy) is 1. The highest BCUT2D eigenvalue weighted by molar-refractivity contribution is 5.92. The molecule has 1 saturated heterocycles. The number of carbonyl (C=O) groups excluding carboxylic acids is 1. The van der Waals surface area contributed by atoms with Gasteiger partial charge in [0.25, 0.3) is 0 Å². The number of amides is 1. The average molecular weight is 289 g/mol. The fourth-order valence-electron chi connectivity index (χ4n) is 2.52. The maximum absolute atomic E-state index is 12.2. The summed E-state index contributed by atoms with van der Waals surface area (Å²) >= 11 is 0. The molecule has 0 saturated carbocycles. The van der Waals surface area contributed by atoms with Crippen molar-refractivity contribution >= 4 is 18.0 Å². The van der Waals surface area contributed by atoms with Crippen LogP contribution in [-0.4, -0.2) is 41.6 Å². The van der Waals surface area contributed by atoms with Gasteiger partial charge in [0.1, 0.15) is 5.75 Å². The summed E-state index contributed by atoms with van der Waals surface area (Å²) in [6, 6.07) is 7.19. The maximum atomic E-state index is 12.2. The van der Waals surface area contributed by atoms with Gasteiger partial charge in [0.2, 0.25) is 5.91 Å². The van der Waals surface area contributed by atoms with E-state index in [-0.39, 0.29) is 18.4 Å². The van der Waals surface area contributed by atoms with E-state index in [1.165, 1.54) is 6.08 Å². The van der Waals surface area contributed by atoms with E-state index in [1.54, 1.807) is 18.1 Å². The summed E-state index contributed by atoms with van der Waals surface area (Å²) in [5.41, 5.74) is 0.901. The fourth-order valence-corrected chi connectivity index (χ4v) is 2.52. The molecule has 1 aliphatic rings. The standard InChI is InChI=1S/C16H19NO4/c1-21-14-7-4-12(5-8-14)6-9-15(18)17-10-2-3-13(17)11-16(19)20/h4-9,13H,2-3,10-11H2,1H3,(H,19,20)/b9-6+. The number of benzene rings is 1. The molecule has 21 heavy (non-hydrogen) atoms. The summed E-state index contributed by atoms with van der Waals surface area (Å²) in [6.45, 7) is 0.629. The minimum Gasteiger partial charge on any atom is -0.497 e. The third-order valence-corrected chi connectivity index (χ3v) is 3.60. The van der Waals surface area contributed by atoms with Crippen molar-refractivity contribution in [1.29, 1.82) is 0 Å². The maximum Gasteiger partial charge on any atom is 0.305 e. The van der Waals surface area contributed by atoms with Gasteiger partial charge >= 0.3 is 5.97 Å². The molecule has 0 radical (unpaired) electrons. The molecule has 1 heterocycles. The number of carboxylic acid groups (broad SMARTS) is 1. The number of hydrogen-bond donors (Lipinski definition) is 1. The van der Waals surface area contributed by atoms with Gasteiger partial charge in [0.05, 0.1) is 13.5 Å². The molecule has 2 rings (SSSR count). The normalized spacial score (nSPS) is 18.1. The predicted molar refractivity (Wildman–Crippen MR) is 79.0 cm³/mol. The summed E-state index contributed by atoms with van der Waals surface area (Å²) in [5, 5.41) is 8.86. The van der Waals surface area contributed by atoms with E-state index in [1.807, 2.05) is 24.3 Å². The van der Waals surface area contributed by atoms with Gasteiger partial charge in [-0.2, -0.15) is 0 Å². The summed E-state index contributed by atoms with van der Waals surface area (Å²) in [5.74, 6) is -0.229. The smallest absolute Gasteiger partial charge is 0.305 e. The number of aliphatic carboxylic acids is 1. The first kappa shape index (κ1) is 15.1. The van der Waals surface area contributed by atoms with Crippen molar-refractivity contribution in [2.45, 2.75) is 25.3 Å². The lowest BCUT2D eigenvalue weighted by molar-refractivity contribution is -0.139. The van der Waals surface area contributed by atoms with Crippen LogP contribution in [0.5, 0.6) is 5.75 Å². The molecule has 0 spiro atoms. The van der Waals surface area contributed by atoms with Crippen molar-refractivity contribution in [3.8, 4) is 5.75 Å². The molecule has 1 fully saturated rings. The van der Waals surface area contributed by atoms with Gasteiger partial charge in [-0.25, -0.2) is 0 Å². The van der Waals surface area contributed by atoms with Crippen LogP contribution < -0.4 is 4.74 Å². The van der Waals surface area contributed by atoms with Crippen LogP contribution in [0.15, 0.2) is 30.3 Å². The second kappa shape index (κ2) is 6.92. The molecular formula is C16H19NO4. The zero-order chi connectivity index (χ0) is 15.2. The Hall–Kier alpha value is -2.30. The molecule has 0 bridgehead atoms. The van der Waals surface area contributed by atoms with E-state index in [0.717, 1.165) is 24.2 Å². The molecule has 1 N–H and O–H groups in total. The number of methoxy groups -OCH3 is 1. The van der Waals surface area contributed by atoms with Crippen LogP contribution in [-0.2, 0) is 9.59 Å². The van der Waals surface area contributed by atoms with Crippen LogP contribution in [0.1, 0.15) is 24.8 Å². The molecule has 1 unspecified atom stereocenters. The van der Waals surface area contributed by atoms with E-state index >= 15 is 0 Å². The van der Waals surface area contributed by atoms with Crippen LogP contribution in [0.3, 0.4) is 0 Å². The van der Waals surface area contributed by atoms with Crippen LogP contribution in [0.25, 0.3) is 6.08 Å².